The van der Waals surface area contributed by atoms with Gasteiger partial charge < -0.3 is 24.6 Å². The van der Waals surface area contributed by atoms with Gasteiger partial charge in [-0.2, -0.15) is 0 Å². The minimum atomic E-state index is -0.392. The fraction of sp³-hybridized carbons (Fsp3) is 0.565. The average molecular weight is 411 g/mol. The summed E-state index contributed by atoms with van der Waals surface area (Å²) in [5.74, 6) is 0.219. The molecule has 2 amide bonds. The first-order valence-corrected chi connectivity index (χ1v) is 11.1. The molecule has 0 radical (unpaired) electrons. The molecule has 160 valence electrons. The van der Waals surface area contributed by atoms with Crippen LogP contribution in [0.25, 0.3) is 11.3 Å². The van der Waals surface area contributed by atoms with E-state index >= 15 is 0 Å². The number of hydrogen-bond acceptors (Lipinski definition) is 4. The number of hydrogen-bond donors (Lipinski definition) is 2. The Labute approximate surface area is 177 Å². The van der Waals surface area contributed by atoms with Gasteiger partial charge in [-0.05, 0) is 43.6 Å². The fourth-order valence-corrected chi connectivity index (χ4v) is 5.19. The Morgan fingerprint density at radius 1 is 1.20 bits per heavy atom. The number of nitrogens with zero attached hydrogens (tertiary/aromatic N) is 3. The second-order valence-electron chi connectivity index (χ2n) is 8.75. The lowest BCUT2D eigenvalue weighted by atomic mass is 9.86. The van der Waals surface area contributed by atoms with E-state index in [9.17, 15) is 9.90 Å². The summed E-state index contributed by atoms with van der Waals surface area (Å²) in [6.07, 6.45) is 7.52. The maximum absolute atomic E-state index is 12.6. The van der Waals surface area contributed by atoms with Gasteiger partial charge in [-0.3, -0.25) is 0 Å². The topological polar surface area (TPSA) is 79.6 Å². The van der Waals surface area contributed by atoms with Gasteiger partial charge in [0.05, 0.1) is 30.4 Å². The van der Waals surface area contributed by atoms with Crippen molar-refractivity contribution in [2.24, 2.45) is 5.92 Å². The number of aliphatic hydroxyl groups is 1. The largest absolute Gasteiger partial charge is 0.393 e. The second kappa shape index (κ2) is 8.40. The molecule has 2 saturated heterocycles. The van der Waals surface area contributed by atoms with Crippen molar-refractivity contribution in [3.63, 3.8) is 0 Å². The summed E-state index contributed by atoms with van der Waals surface area (Å²) < 4.78 is 7.55. The Kier molecular flexibility index (Phi) is 5.48. The highest BCUT2D eigenvalue weighted by atomic mass is 16.5. The van der Waals surface area contributed by atoms with Crippen LogP contribution in [0.3, 0.4) is 0 Å². The van der Waals surface area contributed by atoms with Crippen LogP contribution in [0.1, 0.15) is 43.7 Å². The number of imidazole rings is 1. The first-order chi connectivity index (χ1) is 14.7. The van der Waals surface area contributed by atoms with Gasteiger partial charge in [0.2, 0.25) is 0 Å². The second-order valence-corrected chi connectivity index (χ2v) is 8.75. The zero-order valence-electron chi connectivity index (χ0n) is 17.2. The van der Waals surface area contributed by atoms with Gasteiger partial charge in [-0.1, -0.05) is 24.3 Å². The molecule has 2 N–H and O–H groups in total. The minimum Gasteiger partial charge on any atom is -0.393 e. The van der Waals surface area contributed by atoms with Crippen molar-refractivity contribution in [1.82, 2.24) is 19.8 Å². The van der Waals surface area contributed by atoms with Gasteiger partial charge >= 0.3 is 6.03 Å². The van der Waals surface area contributed by atoms with Gasteiger partial charge in [-0.25, -0.2) is 9.78 Å². The van der Waals surface area contributed by atoms with Gasteiger partial charge in [-0.15, -0.1) is 0 Å². The summed E-state index contributed by atoms with van der Waals surface area (Å²) in [6, 6.07) is 8.78. The highest BCUT2D eigenvalue weighted by molar-refractivity contribution is 5.74. The average Bonchev–Trinajstić information content (AvgIpc) is 3.37. The number of amides is 2. The molecule has 7 nitrogen and oxygen atoms in total. The van der Waals surface area contributed by atoms with E-state index in [2.05, 4.69) is 39.1 Å². The zero-order chi connectivity index (χ0) is 20.5. The summed E-state index contributed by atoms with van der Waals surface area (Å²) >= 11 is 0. The van der Waals surface area contributed by atoms with E-state index < -0.39 is 6.10 Å². The van der Waals surface area contributed by atoms with Gasteiger partial charge in [0.15, 0.2) is 0 Å². The molecular weight excluding hydrogens is 380 g/mol. The van der Waals surface area contributed by atoms with Crippen LogP contribution in [0.15, 0.2) is 36.8 Å². The summed E-state index contributed by atoms with van der Waals surface area (Å²) in [5.41, 5.74) is 3.61. The smallest absolute Gasteiger partial charge is 0.317 e. The van der Waals surface area contributed by atoms with Crippen molar-refractivity contribution in [2.75, 3.05) is 26.3 Å². The van der Waals surface area contributed by atoms with Crippen LogP contribution in [0.4, 0.5) is 4.79 Å². The number of likely N-dealkylation sites (tertiary alicyclic amines) is 1. The molecule has 2 fully saturated rings. The maximum Gasteiger partial charge on any atom is 0.317 e. The third-order valence-corrected chi connectivity index (χ3v) is 6.98. The molecule has 2 unspecified atom stereocenters. The van der Waals surface area contributed by atoms with Gasteiger partial charge in [0.1, 0.15) is 0 Å². The van der Waals surface area contributed by atoms with Crippen LogP contribution >= 0.6 is 0 Å². The summed E-state index contributed by atoms with van der Waals surface area (Å²) in [7, 11) is 0. The van der Waals surface area contributed by atoms with Crippen LogP contribution in [0.5, 0.6) is 0 Å². The standard InChI is InChI=1S/C23H30N4O3/c28-22(13-20-18-3-1-2-4-19(18)21-14-24-15-27(20)21)16-5-9-26(10-6-16)23(29)25-17-7-11-30-12-8-17/h1-4,14-17,20,22,28H,5-13H2,(H,25,29). The first kappa shape index (κ1) is 19.6. The zero-order valence-corrected chi connectivity index (χ0v) is 17.2. The molecular formula is C23H30N4O3. The van der Waals surface area contributed by atoms with Crippen molar-refractivity contribution in [3.05, 3.63) is 42.4 Å². The van der Waals surface area contributed by atoms with E-state index in [1.165, 1.54) is 11.1 Å². The Morgan fingerprint density at radius 3 is 2.77 bits per heavy atom. The van der Waals surface area contributed by atoms with E-state index in [1.54, 1.807) is 0 Å². The molecule has 5 rings (SSSR count). The summed E-state index contributed by atoms with van der Waals surface area (Å²) in [5, 5.41) is 14.2. The van der Waals surface area contributed by atoms with Crippen LogP contribution in [-0.4, -0.2) is 64.0 Å². The van der Waals surface area contributed by atoms with E-state index in [0.717, 1.165) is 44.6 Å². The number of nitrogens with one attached hydrogen (secondary N) is 1. The molecule has 1 aromatic carbocycles. The predicted molar refractivity (Wildman–Crippen MR) is 113 cm³/mol. The van der Waals surface area contributed by atoms with Crippen molar-refractivity contribution in [3.8, 4) is 11.3 Å². The fourth-order valence-electron chi connectivity index (χ4n) is 5.19. The molecule has 0 saturated carbocycles. The molecule has 0 spiro atoms. The van der Waals surface area contributed by atoms with Crippen molar-refractivity contribution in [2.45, 2.75) is 50.3 Å². The molecule has 3 aliphatic rings. The molecule has 0 aliphatic carbocycles. The third-order valence-electron chi connectivity index (χ3n) is 6.98. The lowest BCUT2D eigenvalue weighted by Crippen LogP contribution is -2.50. The predicted octanol–water partition coefficient (Wildman–Crippen LogP) is 2.80. The highest BCUT2D eigenvalue weighted by Crippen LogP contribution is 2.42. The number of benzene rings is 1. The lowest BCUT2D eigenvalue weighted by Gasteiger charge is -2.36. The summed E-state index contributed by atoms with van der Waals surface area (Å²) in [6.45, 7) is 2.85. The van der Waals surface area contributed by atoms with Crippen LogP contribution < -0.4 is 5.32 Å². The lowest BCUT2D eigenvalue weighted by molar-refractivity contribution is 0.0511. The van der Waals surface area contributed by atoms with Crippen LogP contribution in [0.2, 0.25) is 0 Å². The van der Waals surface area contributed by atoms with Crippen LogP contribution in [0, 0.1) is 5.92 Å². The molecule has 2 atom stereocenters. The maximum atomic E-state index is 12.6. The quantitative estimate of drug-likeness (QED) is 0.812. The molecule has 0 bridgehead atoms. The third kappa shape index (κ3) is 3.72. The number of aliphatic hydroxyl groups excluding tert-OH is 1. The number of ether oxygens (including phenoxy) is 1. The molecule has 4 heterocycles. The van der Waals surface area contributed by atoms with E-state index in [0.29, 0.717) is 19.5 Å². The van der Waals surface area contributed by atoms with E-state index in [4.69, 9.17) is 4.74 Å². The van der Waals surface area contributed by atoms with Crippen molar-refractivity contribution in [1.29, 1.82) is 0 Å². The number of aromatic nitrogens is 2. The van der Waals surface area contributed by atoms with Gasteiger partial charge in [0.25, 0.3) is 0 Å². The number of urea groups is 1. The van der Waals surface area contributed by atoms with E-state index in [-0.39, 0.29) is 24.0 Å². The molecule has 2 aromatic rings. The Morgan fingerprint density at radius 2 is 1.97 bits per heavy atom. The minimum absolute atomic E-state index is 0.0302. The molecule has 3 aliphatic heterocycles. The molecule has 7 heteroatoms. The summed E-state index contributed by atoms with van der Waals surface area (Å²) in [4.78, 5) is 18.8. The number of carbonyl (C=O) groups is 1. The Balaban J connectivity index is 1.17. The van der Waals surface area contributed by atoms with Crippen molar-refractivity contribution >= 4 is 6.03 Å². The van der Waals surface area contributed by atoms with Crippen LogP contribution in [-0.2, 0) is 4.74 Å². The Hall–Kier alpha value is -2.38. The first-order valence-electron chi connectivity index (χ1n) is 11.1. The monoisotopic (exact) mass is 410 g/mol. The SMILES string of the molecule is O=C(NC1CCOCC1)N1CCC(C(O)CC2c3ccccc3-c3cncn32)CC1. The highest BCUT2D eigenvalue weighted by Gasteiger charge is 2.34. The Bertz CT molecular complexity index is 884. The number of rotatable bonds is 4. The number of piperidine rings is 1. The normalized spacial score (nSPS) is 23.1. The number of fused-ring (bicyclic) bond motifs is 3. The molecule has 1 aromatic heterocycles. The van der Waals surface area contributed by atoms with E-state index in [1.807, 2.05) is 17.4 Å². The van der Waals surface area contributed by atoms with Gasteiger partial charge in [0, 0.05) is 37.9 Å². The molecule has 30 heavy (non-hydrogen) atoms. The van der Waals surface area contributed by atoms with Crippen molar-refractivity contribution < 1.29 is 14.6 Å². The number of carbonyl (C=O) groups excluding carboxylic acids is 1.